The lowest BCUT2D eigenvalue weighted by Crippen LogP contribution is -2.50. The zero-order valence-corrected chi connectivity index (χ0v) is 18.3. The molecule has 1 aromatic heterocycles. The van der Waals surface area contributed by atoms with Gasteiger partial charge in [0.2, 0.25) is 10.0 Å². The van der Waals surface area contributed by atoms with Crippen LogP contribution >= 0.6 is 11.7 Å². The molecule has 0 unspecified atom stereocenters. The number of benzene rings is 2. The summed E-state index contributed by atoms with van der Waals surface area (Å²) in [7, 11) is -2.06. The average molecular weight is 447 g/mol. The van der Waals surface area contributed by atoms with Crippen LogP contribution < -0.4 is 14.9 Å². The topological polar surface area (TPSA) is 108 Å². The molecule has 1 saturated heterocycles. The summed E-state index contributed by atoms with van der Waals surface area (Å²) in [6.07, 6.45) is 0. The van der Waals surface area contributed by atoms with Gasteiger partial charge in [0.1, 0.15) is 11.0 Å². The van der Waals surface area contributed by atoms with Crippen molar-refractivity contribution in [2.24, 2.45) is 0 Å². The summed E-state index contributed by atoms with van der Waals surface area (Å²) in [6.45, 7) is 4.38. The maximum Gasteiger partial charge on any atom is 0.322 e. The Morgan fingerprint density at radius 3 is 2.40 bits per heavy atom. The molecule has 3 aromatic rings. The Hall–Kier alpha value is -2.76. The number of anilines is 2. The number of amides is 2. The van der Waals surface area contributed by atoms with Crippen LogP contribution in [0.25, 0.3) is 11.0 Å². The number of carbonyl (C=O) groups is 1. The number of carbonyl (C=O) groups excluding carboxylic acids is 1. The molecule has 30 heavy (non-hydrogen) atoms. The molecule has 0 aliphatic carbocycles. The third-order valence-corrected chi connectivity index (χ3v) is 7.19. The van der Waals surface area contributed by atoms with E-state index in [2.05, 4.69) is 23.7 Å². The van der Waals surface area contributed by atoms with E-state index in [1.165, 1.54) is 7.05 Å². The minimum Gasteiger partial charge on any atom is -0.368 e. The molecule has 11 heteroatoms. The fraction of sp³-hybridized carbons (Fsp3) is 0.316. The van der Waals surface area contributed by atoms with Gasteiger partial charge in [0.05, 0.1) is 22.3 Å². The van der Waals surface area contributed by atoms with Crippen LogP contribution in [0, 0.1) is 6.92 Å². The number of sulfonamides is 1. The summed E-state index contributed by atoms with van der Waals surface area (Å²) < 4.78 is 34.6. The van der Waals surface area contributed by atoms with E-state index in [1.807, 2.05) is 19.1 Å². The minimum atomic E-state index is -3.45. The molecule has 4 rings (SSSR count). The zero-order valence-electron chi connectivity index (χ0n) is 16.6. The van der Waals surface area contributed by atoms with Crippen molar-refractivity contribution < 1.29 is 13.2 Å². The summed E-state index contributed by atoms with van der Waals surface area (Å²) in [5, 5.41) is 2.99. The lowest BCUT2D eigenvalue weighted by molar-refractivity contribution is 0.208. The number of hydrogen-bond donors (Lipinski definition) is 2. The van der Waals surface area contributed by atoms with E-state index in [-0.39, 0.29) is 10.9 Å². The molecule has 0 atom stereocenters. The standard InChI is InChI=1S/C19H22N6O3S2/c1-13-3-8-16-18(23-29-22-16)17(13)21-19(26)25-11-9-24(10-12-25)14-4-6-15(7-5-14)30(27,28)20-2/h3-8,20H,9-12H2,1-2H3,(H,21,26). The number of piperazine rings is 1. The third-order valence-electron chi connectivity index (χ3n) is 5.22. The fourth-order valence-electron chi connectivity index (χ4n) is 3.42. The Labute approximate surface area is 179 Å². The third kappa shape index (κ3) is 3.95. The van der Waals surface area contributed by atoms with Crippen molar-refractivity contribution in [1.82, 2.24) is 18.4 Å². The first-order valence-electron chi connectivity index (χ1n) is 9.45. The van der Waals surface area contributed by atoms with Crippen molar-refractivity contribution in [2.75, 3.05) is 43.4 Å². The zero-order chi connectivity index (χ0) is 21.3. The first-order chi connectivity index (χ1) is 14.4. The number of hydrogen-bond acceptors (Lipinski definition) is 7. The predicted octanol–water partition coefficient (Wildman–Crippen LogP) is 2.26. The van der Waals surface area contributed by atoms with Gasteiger partial charge in [-0.2, -0.15) is 8.75 Å². The van der Waals surface area contributed by atoms with Crippen LogP contribution in [-0.4, -0.2) is 61.3 Å². The van der Waals surface area contributed by atoms with Crippen LogP contribution in [0.3, 0.4) is 0 Å². The quantitative estimate of drug-likeness (QED) is 0.637. The predicted molar refractivity (Wildman–Crippen MR) is 118 cm³/mol. The Bertz CT molecular complexity index is 1170. The molecule has 2 heterocycles. The number of fused-ring (bicyclic) bond motifs is 1. The molecule has 158 valence electrons. The molecule has 2 N–H and O–H groups in total. The number of rotatable bonds is 4. The number of nitrogens with zero attached hydrogens (tertiary/aromatic N) is 4. The number of nitrogens with one attached hydrogen (secondary N) is 2. The fourth-order valence-corrected chi connectivity index (χ4v) is 4.69. The second-order valence-electron chi connectivity index (χ2n) is 7.00. The molecule has 2 amide bonds. The smallest absolute Gasteiger partial charge is 0.322 e. The van der Waals surface area contributed by atoms with Gasteiger partial charge in [0.25, 0.3) is 0 Å². The molecule has 1 aliphatic heterocycles. The molecular weight excluding hydrogens is 424 g/mol. The van der Waals surface area contributed by atoms with Crippen LogP contribution in [0.2, 0.25) is 0 Å². The second-order valence-corrected chi connectivity index (χ2v) is 9.41. The van der Waals surface area contributed by atoms with Gasteiger partial charge < -0.3 is 15.1 Å². The maximum atomic E-state index is 12.8. The van der Waals surface area contributed by atoms with Gasteiger partial charge in [-0.25, -0.2) is 17.9 Å². The molecule has 2 aromatic carbocycles. The van der Waals surface area contributed by atoms with E-state index in [1.54, 1.807) is 29.2 Å². The number of aromatic nitrogens is 2. The molecule has 0 spiro atoms. The molecule has 0 saturated carbocycles. The Kier molecular flexibility index (Phi) is 5.58. The van der Waals surface area contributed by atoms with E-state index in [0.29, 0.717) is 37.4 Å². The summed E-state index contributed by atoms with van der Waals surface area (Å²) in [4.78, 5) is 16.9. The monoisotopic (exact) mass is 446 g/mol. The molecular formula is C19H22N6O3S2. The highest BCUT2D eigenvalue weighted by molar-refractivity contribution is 7.89. The van der Waals surface area contributed by atoms with Crippen molar-refractivity contribution in [1.29, 1.82) is 0 Å². The molecule has 0 bridgehead atoms. The summed E-state index contributed by atoms with van der Waals surface area (Å²) >= 11 is 1.13. The summed E-state index contributed by atoms with van der Waals surface area (Å²) in [5.74, 6) is 0. The molecule has 1 fully saturated rings. The summed E-state index contributed by atoms with van der Waals surface area (Å²) in [5.41, 5.74) is 4.06. The van der Waals surface area contributed by atoms with E-state index < -0.39 is 10.0 Å². The van der Waals surface area contributed by atoms with Crippen LogP contribution in [-0.2, 0) is 10.0 Å². The average Bonchev–Trinajstić information content (AvgIpc) is 3.25. The van der Waals surface area contributed by atoms with Gasteiger partial charge in [-0.05, 0) is 49.9 Å². The Morgan fingerprint density at radius 2 is 1.73 bits per heavy atom. The first kappa shape index (κ1) is 20.5. The normalized spacial score (nSPS) is 14.9. The minimum absolute atomic E-state index is 0.159. The highest BCUT2D eigenvalue weighted by Gasteiger charge is 2.23. The van der Waals surface area contributed by atoms with Gasteiger partial charge in [0.15, 0.2) is 0 Å². The molecule has 0 radical (unpaired) electrons. The van der Waals surface area contributed by atoms with Crippen molar-refractivity contribution in [3.63, 3.8) is 0 Å². The highest BCUT2D eigenvalue weighted by Crippen LogP contribution is 2.26. The van der Waals surface area contributed by atoms with Gasteiger partial charge in [-0.3, -0.25) is 0 Å². The van der Waals surface area contributed by atoms with Crippen LogP contribution in [0.4, 0.5) is 16.2 Å². The van der Waals surface area contributed by atoms with Gasteiger partial charge >= 0.3 is 6.03 Å². The van der Waals surface area contributed by atoms with Crippen molar-refractivity contribution >= 4 is 50.2 Å². The SMILES string of the molecule is CNS(=O)(=O)c1ccc(N2CCN(C(=O)Nc3c(C)ccc4nsnc34)CC2)cc1. The van der Waals surface area contributed by atoms with E-state index in [4.69, 9.17) is 0 Å². The lowest BCUT2D eigenvalue weighted by atomic mass is 10.1. The number of aryl methyl sites for hydroxylation is 1. The summed E-state index contributed by atoms with van der Waals surface area (Å²) in [6, 6.07) is 10.4. The maximum absolute atomic E-state index is 12.8. The van der Waals surface area contributed by atoms with Crippen molar-refractivity contribution in [3.8, 4) is 0 Å². The van der Waals surface area contributed by atoms with Gasteiger partial charge in [-0.1, -0.05) is 6.07 Å². The van der Waals surface area contributed by atoms with Crippen LogP contribution in [0.5, 0.6) is 0 Å². The van der Waals surface area contributed by atoms with Gasteiger partial charge in [0, 0.05) is 31.9 Å². The van der Waals surface area contributed by atoms with Gasteiger partial charge in [-0.15, -0.1) is 0 Å². The second kappa shape index (κ2) is 8.17. The van der Waals surface area contributed by atoms with E-state index >= 15 is 0 Å². The Morgan fingerprint density at radius 1 is 1.03 bits per heavy atom. The van der Waals surface area contributed by atoms with Crippen molar-refractivity contribution in [2.45, 2.75) is 11.8 Å². The van der Waals surface area contributed by atoms with Crippen LogP contribution in [0.1, 0.15) is 5.56 Å². The Balaban J connectivity index is 1.40. The van der Waals surface area contributed by atoms with E-state index in [0.717, 1.165) is 28.5 Å². The molecule has 9 nitrogen and oxygen atoms in total. The lowest BCUT2D eigenvalue weighted by Gasteiger charge is -2.36. The molecule has 1 aliphatic rings. The van der Waals surface area contributed by atoms with Crippen LogP contribution in [0.15, 0.2) is 41.3 Å². The largest absolute Gasteiger partial charge is 0.368 e. The first-order valence-corrected chi connectivity index (χ1v) is 11.7. The highest BCUT2D eigenvalue weighted by atomic mass is 32.2. The number of urea groups is 1. The van der Waals surface area contributed by atoms with Crippen molar-refractivity contribution in [3.05, 3.63) is 42.0 Å². The van der Waals surface area contributed by atoms with E-state index in [9.17, 15) is 13.2 Å².